The highest BCUT2D eigenvalue weighted by Crippen LogP contribution is 2.17. The average molecular weight is 176 g/mol. The maximum absolute atomic E-state index is 12.4. The third-order valence-corrected chi connectivity index (χ3v) is 1.28. The highest BCUT2D eigenvalue weighted by Gasteiger charge is 2.00. The van der Waals surface area contributed by atoms with Gasteiger partial charge in [0.05, 0.1) is 5.02 Å². The summed E-state index contributed by atoms with van der Waals surface area (Å²) in [6.07, 6.45) is 2.40. The van der Waals surface area contributed by atoms with Gasteiger partial charge in [-0.3, -0.25) is 4.98 Å². The van der Waals surface area contributed by atoms with Crippen molar-refractivity contribution in [2.24, 2.45) is 0 Å². The summed E-state index contributed by atoms with van der Waals surface area (Å²) < 4.78 is 24.0. The minimum Gasteiger partial charge on any atom is -0.262 e. The first kappa shape index (κ1) is 8.14. The van der Waals surface area contributed by atoms with E-state index < -0.39 is 5.83 Å². The lowest BCUT2D eigenvalue weighted by atomic mass is 10.3. The number of hydrogen-bond donors (Lipinski definition) is 0. The first-order valence-corrected chi connectivity index (χ1v) is 3.18. The van der Waals surface area contributed by atoms with E-state index in [1.54, 1.807) is 0 Å². The Morgan fingerprint density at radius 2 is 2.27 bits per heavy atom. The summed E-state index contributed by atoms with van der Waals surface area (Å²) in [4.78, 5) is 3.57. The van der Waals surface area contributed by atoms with E-state index in [-0.39, 0.29) is 16.9 Å². The maximum atomic E-state index is 12.4. The Bertz CT molecular complexity index is 286. The van der Waals surface area contributed by atoms with Gasteiger partial charge in [0.15, 0.2) is 5.83 Å². The van der Waals surface area contributed by atoms with E-state index in [0.717, 1.165) is 0 Å². The SMILES string of the molecule is F/C=C(/F)c1cncc(Cl)c1. The van der Waals surface area contributed by atoms with Crippen molar-refractivity contribution in [1.82, 2.24) is 4.98 Å². The van der Waals surface area contributed by atoms with Crippen LogP contribution in [-0.2, 0) is 0 Å². The topological polar surface area (TPSA) is 12.9 Å². The van der Waals surface area contributed by atoms with Crippen LogP contribution in [0.1, 0.15) is 5.56 Å². The fourth-order valence-electron chi connectivity index (χ4n) is 0.605. The van der Waals surface area contributed by atoms with Crippen LogP contribution < -0.4 is 0 Å². The molecule has 0 aromatic carbocycles. The predicted molar refractivity (Wildman–Crippen MR) is 39.4 cm³/mol. The molecule has 1 rings (SSSR count). The molecule has 0 spiro atoms. The van der Waals surface area contributed by atoms with Crippen molar-refractivity contribution in [3.63, 3.8) is 0 Å². The van der Waals surface area contributed by atoms with Crippen LogP contribution in [0, 0.1) is 0 Å². The normalized spacial score (nSPS) is 11.7. The summed E-state index contributed by atoms with van der Waals surface area (Å²) in [5.41, 5.74) is 0.0417. The predicted octanol–water partition coefficient (Wildman–Crippen LogP) is 2.97. The largest absolute Gasteiger partial charge is 0.262 e. The molecule has 0 atom stereocenters. The Labute approximate surface area is 67.3 Å². The summed E-state index contributed by atoms with van der Waals surface area (Å²) in [7, 11) is 0. The van der Waals surface area contributed by atoms with E-state index in [1.807, 2.05) is 0 Å². The molecule has 0 aliphatic rings. The molecule has 0 saturated heterocycles. The maximum Gasteiger partial charge on any atom is 0.160 e. The second-order valence-electron chi connectivity index (χ2n) is 1.85. The van der Waals surface area contributed by atoms with Gasteiger partial charge >= 0.3 is 0 Å². The lowest BCUT2D eigenvalue weighted by Crippen LogP contribution is -1.79. The van der Waals surface area contributed by atoms with E-state index in [9.17, 15) is 8.78 Å². The Balaban J connectivity index is 3.06. The molecule has 4 heteroatoms. The van der Waals surface area contributed by atoms with E-state index >= 15 is 0 Å². The Morgan fingerprint density at radius 3 is 2.82 bits per heavy atom. The summed E-state index contributed by atoms with van der Waals surface area (Å²) >= 11 is 5.47. The van der Waals surface area contributed by atoms with Crippen LogP contribution in [-0.4, -0.2) is 4.98 Å². The second-order valence-corrected chi connectivity index (χ2v) is 2.29. The highest BCUT2D eigenvalue weighted by atomic mass is 35.5. The van der Waals surface area contributed by atoms with Crippen molar-refractivity contribution in [2.75, 3.05) is 0 Å². The Hall–Kier alpha value is -0.960. The Kier molecular flexibility index (Phi) is 2.54. The van der Waals surface area contributed by atoms with Gasteiger partial charge in [-0.2, -0.15) is 0 Å². The highest BCUT2D eigenvalue weighted by molar-refractivity contribution is 6.30. The first-order valence-electron chi connectivity index (χ1n) is 2.81. The molecule has 0 fully saturated rings. The molecular formula is C7H4ClF2N. The smallest absolute Gasteiger partial charge is 0.160 e. The van der Waals surface area contributed by atoms with Gasteiger partial charge in [0, 0.05) is 18.0 Å². The standard InChI is InChI=1S/C7H4ClF2N/c8-6-1-5(3-11-4-6)7(10)2-9/h1-4H/b7-2+. The van der Waals surface area contributed by atoms with Gasteiger partial charge in [-0.25, -0.2) is 8.78 Å². The summed E-state index contributed by atoms with van der Waals surface area (Å²) in [5, 5.41) is 0.277. The number of hydrogen-bond acceptors (Lipinski definition) is 1. The molecule has 1 heterocycles. The quantitative estimate of drug-likeness (QED) is 0.640. The Morgan fingerprint density at radius 1 is 1.55 bits per heavy atom. The minimum atomic E-state index is -0.972. The van der Waals surface area contributed by atoms with Crippen LogP contribution in [0.25, 0.3) is 5.83 Å². The van der Waals surface area contributed by atoms with E-state index in [4.69, 9.17) is 11.6 Å². The average Bonchev–Trinajstić information content (AvgIpc) is 2.03. The molecule has 1 nitrogen and oxygen atoms in total. The molecule has 58 valence electrons. The van der Waals surface area contributed by atoms with Crippen molar-refractivity contribution in [2.45, 2.75) is 0 Å². The molecule has 0 aliphatic heterocycles. The first-order chi connectivity index (χ1) is 5.24. The molecule has 0 radical (unpaired) electrons. The molecule has 0 unspecified atom stereocenters. The number of aromatic nitrogens is 1. The molecule has 0 bridgehead atoms. The van der Waals surface area contributed by atoms with Crippen LogP contribution in [0.4, 0.5) is 8.78 Å². The summed E-state index contributed by atoms with van der Waals surface area (Å²) in [6, 6.07) is 1.29. The van der Waals surface area contributed by atoms with E-state index in [0.29, 0.717) is 0 Å². The van der Waals surface area contributed by atoms with Crippen molar-refractivity contribution in [1.29, 1.82) is 0 Å². The zero-order valence-electron chi connectivity index (χ0n) is 5.39. The van der Waals surface area contributed by atoms with Crippen molar-refractivity contribution >= 4 is 17.4 Å². The van der Waals surface area contributed by atoms with E-state index in [2.05, 4.69) is 4.98 Å². The van der Waals surface area contributed by atoms with Crippen LogP contribution in [0.15, 0.2) is 24.8 Å². The fraction of sp³-hybridized carbons (Fsp3) is 0. The third-order valence-electron chi connectivity index (χ3n) is 1.08. The minimum absolute atomic E-state index is 0.0417. The number of nitrogens with zero attached hydrogens (tertiary/aromatic N) is 1. The van der Waals surface area contributed by atoms with Gasteiger partial charge in [-0.15, -0.1) is 0 Å². The molecule has 0 amide bonds. The van der Waals surface area contributed by atoms with Gasteiger partial charge in [0.2, 0.25) is 0 Å². The summed E-state index contributed by atoms with van der Waals surface area (Å²) in [6.45, 7) is 0. The second kappa shape index (κ2) is 3.44. The van der Waals surface area contributed by atoms with Crippen LogP contribution >= 0.6 is 11.6 Å². The molecular weight excluding hydrogens is 172 g/mol. The van der Waals surface area contributed by atoms with Gasteiger partial charge in [0.1, 0.15) is 6.33 Å². The van der Waals surface area contributed by atoms with Crippen molar-refractivity contribution in [3.05, 3.63) is 35.4 Å². The van der Waals surface area contributed by atoms with Gasteiger partial charge in [-0.1, -0.05) is 11.6 Å². The van der Waals surface area contributed by atoms with E-state index in [1.165, 1.54) is 18.5 Å². The number of pyridine rings is 1. The molecule has 0 aliphatic carbocycles. The monoisotopic (exact) mass is 175 g/mol. The lowest BCUT2D eigenvalue weighted by molar-refractivity contribution is 0.671. The summed E-state index contributed by atoms with van der Waals surface area (Å²) in [5.74, 6) is -0.972. The molecule has 1 aromatic heterocycles. The molecule has 0 N–H and O–H groups in total. The molecule has 1 aromatic rings. The van der Waals surface area contributed by atoms with Crippen molar-refractivity contribution in [3.8, 4) is 0 Å². The molecule has 11 heavy (non-hydrogen) atoms. The van der Waals surface area contributed by atoms with Crippen LogP contribution in [0.3, 0.4) is 0 Å². The van der Waals surface area contributed by atoms with Gasteiger partial charge < -0.3 is 0 Å². The zero-order chi connectivity index (χ0) is 8.27. The van der Waals surface area contributed by atoms with Crippen molar-refractivity contribution < 1.29 is 8.78 Å². The van der Waals surface area contributed by atoms with Gasteiger partial charge in [0.25, 0.3) is 0 Å². The number of halogens is 3. The van der Waals surface area contributed by atoms with Crippen LogP contribution in [0.2, 0.25) is 5.02 Å². The molecule has 0 saturated carbocycles. The van der Waals surface area contributed by atoms with Gasteiger partial charge in [-0.05, 0) is 6.07 Å². The zero-order valence-corrected chi connectivity index (χ0v) is 6.15. The third kappa shape index (κ3) is 1.98. The number of rotatable bonds is 1. The lowest BCUT2D eigenvalue weighted by Gasteiger charge is -1.94. The van der Waals surface area contributed by atoms with Crippen LogP contribution in [0.5, 0.6) is 0 Å². The fourth-order valence-corrected chi connectivity index (χ4v) is 0.779.